The molecule has 0 atom stereocenters. The lowest BCUT2D eigenvalue weighted by atomic mass is 10.1. The molecule has 1 heterocycles. The first-order valence-electron chi connectivity index (χ1n) is 9.17. The van der Waals surface area contributed by atoms with Crippen molar-refractivity contribution in [3.05, 3.63) is 29.8 Å². The monoisotopic (exact) mass is 347 g/mol. The number of carbonyl (C=O) groups is 2. The van der Waals surface area contributed by atoms with Gasteiger partial charge >= 0.3 is 0 Å². The van der Waals surface area contributed by atoms with E-state index in [0.717, 1.165) is 45.3 Å². The average molecular weight is 347 g/mol. The van der Waals surface area contributed by atoms with E-state index in [1.165, 1.54) is 0 Å². The highest BCUT2D eigenvalue weighted by atomic mass is 16.3. The maximum atomic E-state index is 12.2. The number of hydrogen-bond donors (Lipinski definition) is 3. The molecule has 1 aliphatic rings. The van der Waals surface area contributed by atoms with Crippen molar-refractivity contribution in [3.8, 4) is 0 Å². The van der Waals surface area contributed by atoms with Crippen molar-refractivity contribution in [2.24, 2.45) is 0 Å². The molecule has 0 aliphatic carbocycles. The van der Waals surface area contributed by atoms with Crippen LogP contribution in [0.15, 0.2) is 24.3 Å². The summed E-state index contributed by atoms with van der Waals surface area (Å²) in [6, 6.07) is 6.96. The molecule has 6 nitrogen and oxygen atoms in total. The number of hydrogen-bond acceptors (Lipinski definition) is 4. The number of nitrogens with one attached hydrogen (secondary N) is 2. The summed E-state index contributed by atoms with van der Waals surface area (Å²) in [4.78, 5) is 26.1. The number of benzene rings is 1. The van der Waals surface area contributed by atoms with E-state index in [0.29, 0.717) is 24.2 Å². The molecule has 0 saturated carbocycles. The van der Waals surface area contributed by atoms with Gasteiger partial charge in [-0.2, -0.15) is 0 Å². The first-order chi connectivity index (χ1) is 12.1. The zero-order valence-electron chi connectivity index (χ0n) is 15.0. The van der Waals surface area contributed by atoms with Crippen molar-refractivity contribution in [2.45, 2.75) is 45.1 Å². The van der Waals surface area contributed by atoms with Crippen molar-refractivity contribution >= 4 is 17.5 Å². The Balaban J connectivity index is 1.71. The van der Waals surface area contributed by atoms with Crippen LogP contribution in [0.5, 0.6) is 0 Å². The second-order valence-electron chi connectivity index (χ2n) is 6.56. The van der Waals surface area contributed by atoms with Gasteiger partial charge in [0.1, 0.15) is 0 Å². The Morgan fingerprint density at radius 3 is 2.52 bits per heavy atom. The molecule has 1 aromatic rings. The Morgan fingerprint density at radius 1 is 1.20 bits per heavy atom. The molecule has 25 heavy (non-hydrogen) atoms. The summed E-state index contributed by atoms with van der Waals surface area (Å²) in [7, 11) is 0. The molecule has 0 radical (unpaired) electrons. The fourth-order valence-corrected chi connectivity index (χ4v) is 2.84. The number of rotatable bonds is 8. The molecule has 0 unspecified atom stereocenters. The number of anilines is 1. The smallest absolute Gasteiger partial charge is 0.251 e. The van der Waals surface area contributed by atoms with Gasteiger partial charge in [0.25, 0.3) is 5.91 Å². The van der Waals surface area contributed by atoms with Crippen LogP contribution in [-0.4, -0.2) is 54.1 Å². The number of likely N-dealkylation sites (tertiary alicyclic amines) is 1. The second-order valence-corrected chi connectivity index (χ2v) is 6.56. The van der Waals surface area contributed by atoms with Crippen LogP contribution < -0.4 is 10.6 Å². The quantitative estimate of drug-likeness (QED) is 0.672. The van der Waals surface area contributed by atoms with Crippen molar-refractivity contribution in [1.29, 1.82) is 0 Å². The highest BCUT2D eigenvalue weighted by Gasteiger charge is 2.16. The molecule has 2 amide bonds. The topological polar surface area (TPSA) is 81.7 Å². The molecule has 0 aromatic heterocycles. The molecule has 6 heteroatoms. The van der Waals surface area contributed by atoms with E-state index in [9.17, 15) is 14.7 Å². The number of nitrogens with zero attached hydrogens (tertiary/aromatic N) is 1. The van der Waals surface area contributed by atoms with E-state index in [-0.39, 0.29) is 17.9 Å². The summed E-state index contributed by atoms with van der Waals surface area (Å²) < 4.78 is 0. The number of aliphatic hydroxyl groups is 1. The molecule has 2 rings (SSSR count). The van der Waals surface area contributed by atoms with E-state index >= 15 is 0 Å². The molecule has 1 saturated heterocycles. The third kappa shape index (κ3) is 6.84. The Labute approximate surface area is 149 Å². The molecule has 1 fully saturated rings. The van der Waals surface area contributed by atoms with Crippen LogP contribution in [-0.2, 0) is 4.79 Å². The molecule has 3 N–H and O–H groups in total. The lowest BCUT2D eigenvalue weighted by Gasteiger charge is -2.29. The summed E-state index contributed by atoms with van der Waals surface area (Å²) in [6.45, 7) is 5.19. The minimum Gasteiger partial charge on any atom is -0.393 e. The SMILES string of the molecule is CCCCC(=O)Nc1ccc(C(=O)NCCN2CCC(O)CC2)cc1. The maximum Gasteiger partial charge on any atom is 0.251 e. The molecular weight excluding hydrogens is 318 g/mol. The Bertz CT molecular complexity index is 552. The van der Waals surface area contributed by atoms with Gasteiger partial charge in [0.2, 0.25) is 5.91 Å². The zero-order valence-corrected chi connectivity index (χ0v) is 15.0. The van der Waals surface area contributed by atoms with Crippen LogP contribution in [0.3, 0.4) is 0 Å². The van der Waals surface area contributed by atoms with E-state index in [1.807, 2.05) is 0 Å². The standard InChI is InChI=1S/C19H29N3O3/c1-2-3-4-18(24)21-16-7-5-15(6-8-16)19(25)20-11-14-22-12-9-17(23)10-13-22/h5-8,17,23H,2-4,9-14H2,1H3,(H,20,25)(H,21,24). The molecule has 0 bridgehead atoms. The lowest BCUT2D eigenvalue weighted by Crippen LogP contribution is -2.40. The summed E-state index contributed by atoms with van der Waals surface area (Å²) in [5.41, 5.74) is 1.30. The lowest BCUT2D eigenvalue weighted by molar-refractivity contribution is -0.116. The largest absolute Gasteiger partial charge is 0.393 e. The van der Waals surface area contributed by atoms with Gasteiger partial charge in [-0.3, -0.25) is 9.59 Å². The van der Waals surface area contributed by atoms with Gasteiger partial charge in [-0.05, 0) is 43.5 Å². The van der Waals surface area contributed by atoms with Gasteiger partial charge in [0.15, 0.2) is 0 Å². The number of piperidine rings is 1. The molecule has 1 aromatic carbocycles. The predicted molar refractivity (Wildman–Crippen MR) is 98.6 cm³/mol. The number of unbranched alkanes of at least 4 members (excludes halogenated alkanes) is 1. The summed E-state index contributed by atoms with van der Waals surface area (Å²) >= 11 is 0. The van der Waals surface area contributed by atoms with E-state index in [4.69, 9.17) is 0 Å². The van der Waals surface area contributed by atoms with Gasteiger partial charge in [-0.15, -0.1) is 0 Å². The van der Waals surface area contributed by atoms with Crippen LogP contribution in [0.25, 0.3) is 0 Å². The van der Waals surface area contributed by atoms with Crippen molar-refractivity contribution in [1.82, 2.24) is 10.2 Å². The van der Waals surface area contributed by atoms with Gasteiger partial charge in [0.05, 0.1) is 6.10 Å². The fourth-order valence-electron chi connectivity index (χ4n) is 2.84. The van der Waals surface area contributed by atoms with Crippen LogP contribution in [0.1, 0.15) is 49.4 Å². The van der Waals surface area contributed by atoms with E-state index in [2.05, 4.69) is 22.5 Å². The third-order valence-electron chi connectivity index (χ3n) is 4.46. The van der Waals surface area contributed by atoms with Crippen molar-refractivity contribution in [3.63, 3.8) is 0 Å². The number of amides is 2. The van der Waals surface area contributed by atoms with Gasteiger partial charge in [-0.1, -0.05) is 13.3 Å². The van der Waals surface area contributed by atoms with Gasteiger partial charge in [-0.25, -0.2) is 0 Å². The first kappa shape index (κ1) is 19.4. The molecule has 1 aliphatic heterocycles. The predicted octanol–water partition coefficient (Wildman–Crippen LogP) is 2.00. The number of carbonyl (C=O) groups excluding carboxylic acids is 2. The molecular formula is C19H29N3O3. The third-order valence-corrected chi connectivity index (χ3v) is 4.46. The minimum atomic E-state index is -0.174. The molecule has 138 valence electrons. The van der Waals surface area contributed by atoms with Crippen LogP contribution in [0, 0.1) is 0 Å². The highest BCUT2D eigenvalue weighted by Crippen LogP contribution is 2.11. The van der Waals surface area contributed by atoms with Gasteiger partial charge < -0.3 is 20.6 Å². The Hall–Kier alpha value is -1.92. The highest BCUT2D eigenvalue weighted by molar-refractivity contribution is 5.95. The zero-order chi connectivity index (χ0) is 18.1. The van der Waals surface area contributed by atoms with Crippen molar-refractivity contribution in [2.75, 3.05) is 31.5 Å². The maximum absolute atomic E-state index is 12.2. The Kier molecular flexibility index (Phi) is 7.88. The van der Waals surface area contributed by atoms with E-state index in [1.54, 1.807) is 24.3 Å². The van der Waals surface area contributed by atoms with Crippen LogP contribution in [0.2, 0.25) is 0 Å². The van der Waals surface area contributed by atoms with Crippen LogP contribution >= 0.6 is 0 Å². The summed E-state index contributed by atoms with van der Waals surface area (Å²) in [5.74, 6) is -0.105. The molecule has 0 spiro atoms. The summed E-state index contributed by atoms with van der Waals surface area (Å²) in [6.07, 6.45) is 3.82. The first-order valence-corrected chi connectivity index (χ1v) is 9.17. The van der Waals surface area contributed by atoms with Crippen molar-refractivity contribution < 1.29 is 14.7 Å². The second kappa shape index (κ2) is 10.2. The summed E-state index contributed by atoms with van der Waals surface area (Å²) in [5, 5.41) is 15.2. The van der Waals surface area contributed by atoms with E-state index < -0.39 is 0 Å². The normalized spacial score (nSPS) is 15.8. The van der Waals surface area contributed by atoms with Gasteiger partial charge in [0, 0.05) is 43.9 Å². The minimum absolute atomic E-state index is 0.00528. The van der Waals surface area contributed by atoms with Crippen LogP contribution in [0.4, 0.5) is 5.69 Å². The number of aliphatic hydroxyl groups excluding tert-OH is 1. The average Bonchev–Trinajstić information content (AvgIpc) is 2.62. The fraction of sp³-hybridized carbons (Fsp3) is 0.579. The Morgan fingerprint density at radius 2 is 1.88 bits per heavy atom.